The molecule has 6 heteroatoms. The molecule has 0 aliphatic heterocycles. The molecule has 0 amide bonds. The number of carboxylic acids is 1. The van der Waals surface area contributed by atoms with Crippen LogP contribution < -0.4 is 0 Å². The number of carboxylic acid groups (broad SMARTS) is 1. The van der Waals surface area contributed by atoms with Crippen molar-refractivity contribution < 1.29 is 9.90 Å². The fraction of sp³-hybridized carbons (Fsp3) is 0.100. The zero-order chi connectivity index (χ0) is 11.7. The second kappa shape index (κ2) is 3.94. The molecule has 1 aromatic carbocycles. The lowest BCUT2D eigenvalue weighted by molar-refractivity contribution is 0.0691. The standard InChI is InChI=1S/C10H8ClN3O2/c1-14-9(8(10(15)16)12-13-14)6-4-2-3-5-7(6)11/h2-5H,1H3,(H,15,16). The number of aromatic carboxylic acids is 1. The molecule has 16 heavy (non-hydrogen) atoms. The monoisotopic (exact) mass is 237 g/mol. The Morgan fingerprint density at radius 2 is 2.12 bits per heavy atom. The normalized spacial score (nSPS) is 10.4. The lowest BCUT2D eigenvalue weighted by Crippen LogP contribution is -2.01. The van der Waals surface area contributed by atoms with E-state index in [0.29, 0.717) is 16.3 Å². The smallest absolute Gasteiger partial charge is 0.358 e. The predicted molar refractivity (Wildman–Crippen MR) is 58.4 cm³/mol. The molecule has 0 saturated heterocycles. The number of halogens is 1. The third-order valence-electron chi connectivity index (χ3n) is 2.16. The molecule has 1 N–H and O–H groups in total. The van der Waals surface area contributed by atoms with Gasteiger partial charge in [-0.2, -0.15) is 0 Å². The van der Waals surface area contributed by atoms with Crippen molar-refractivity contribution in [2.45, 2.75) is 0 Å². The molecule has 0 bridgehead atoms. The van der Waals surface area contributed by atoms with Crippen molar-refractivity contribution in [2.24, 2.45) is 7.05 Å². The van der Waals surface area contributed by atoms with Crippen LogP contribution in [0.25, 0.3) is 11.3 Å². The summed E-state index contributed by atoms with van der Waals surface area (Å²) in [6, 6.07) is 6.97. The average Bonchev–Trinajstić information content (AvgIpc) is 2.61. The summed E-state index contributed by atoms with van der Waals surface area (Å²) in [5, 5.41) is 16.7. The van der Waals surface area contributed by atoms with Crippen LogP contribution in [0.15, 0.2) is 24.3 Å². The maximum absolute atomic E-state index is 11.0. The number of hydrogen-bond acceptors (Lipinski definition) is 3. The van der Waals surface area contributed by atoms with E-state index in [-0.39, 0.29) is 5.69 Å². The minimum Gasteiger partial charge on any atom is -0.476 e. The Bertz CT molecular complexity index is 551. The number of hydrogen-bond donors (Lipinski definition) is 1. The molecule has 0 radical (unpaired) electrons. The number of nitrogens with zero attached hydrogens (tertiary/aromatic N) is 3. The lowest BCUT2D eigenvalue weighted by Gasteiger charge is -2.04. The molecule has 0 saturated carbocycles. The zero-order valence-electron chi connectivity index (χ0n) is 8.38. The van der Waals surface area contributed by atoms with Crippen molar-refractivity contribution in [1.82, 2.24) is 15.0 Å². The van der Waals surface area contributed by atoms with Crippen LogP contribution in [-0.4, -0.2) is 26.1 Å². The molecule has 2 aromatic rings. The van der Waals surface area contributed by atoms with Crippen molar-refractivity contribution in [3.05, 3.63) is 35.0 Å². The van der Waals surface area contributed by atoms with E-state index in [1.807, 2.05) is 0 Å². The van der Waals surface area contributed by atoms with E-state index in [9.17, 15) is 4.79 Å². The van der Waals surface area contributed by atoms with E-state index >= 15 is 0 Å². The van der Waals surface area contributed by atoms with Crippen molar-refractivity contribution in [3.8, 4) is 11.3 Å². The van der Waals surface area contributed by atoms with Gasteiger partial charge in [0, 0.05) is 12.6 Å². The fourth-order valence-electron chi connectivity index (χ4n) is 1.46. The van der Waals surface area contributed by atoms with Gasteiger partial charge in [-0.15, -0.1) is 5.10 Å². The van der Waals surface area contributed by atoms with Gasteiger partial charge in [-0.1, -0.05) is 35.0 Å². The summed E-state index contributed by atoms with van der Waals surface area (Å²) in [5.74, 6) is -1.12. The third kappa shape index (κ3) is 1.65. The Kier molecular flexibility index (Phi) is 2.62. The maximum Gasteiger partial charge on any atom is 0.358 e. The summed E-state index contributed by atoms with van der Waals surface area (Å²) in [4.78, 5) is 11.0. The SMILES string of the molecule is Cn1nnc(C(=O)O)c1-c1ccccc1Cl. The molecule has 2 rings (SSSR count). The van der Waals surface area contributed by atoms with Gasteiger partial charge in [0.1, 0.15) is 5.69 Å². The zero-order valence-corrected chi connectivity index (χ0v) is 9.14. The molecular formula is C10H8ClN3O2. The first-order valence-corrected chi connectivity index (χ1v) is 4.87. The molecule has 0 unspecified atom stereocenters. The van der Waals surface area contributed by atoms with Gasteiger partial charge in [0.2, 0.25) is 0 Å². The lowest BCUT2D eigenvalue weighted by atomic mass is 10.1. The second-order valence-electron chi connectivity index (χ2n) is 3.20. The summed E-state index contributed by atoms with van der Waals surface area (Å²) >= 11 is 6.00. The molecule has 0 spiro atoms. The summed E-state index contributed by atoms with van der Waals surface area (Å²) in [5.41, 5.74) is 0.905. The van der Waals surface area contributed by atoms with Crippen LogP contribution in [0.2, 0.25) is 5.02 Å². The number of aromatic nitrogens is 3. The van der Waals surface area contributed by atoms with Gasteiger partial charge in [-0.3, -0.25) is 0 Å². The minimum atomic E-state index is -1.12. The summed E-state index contributed by atoms with van der Waals surface area (Å²) in [6.45, 7) is 0. The Morgan fingerprint density at radius 3 is 2.75 bits per heavy atom. The first-order valence-electron chi connectivity index (χ1n) is 4.49. The summed E-state index contributed by atoms with van der Waals surface area (Å²) < 4.78 is 1.39. The van der Waals surface area contributed by atoms with E-state index < -0.39 is 5.97 Å². The van der Waals surface area contributed by atoms with E-state index in [4.69, 9.17) is 16.7 Å². The van der Waals surface area contributed by atoms with Gasteiger partial charge in [-0.05, 0) is 6.07 Å². The topological polar surface area (TPSA) is 68.0 Å². The molecule has 5 nitrogen and oxygen atoms in total. The van der Waals surface area contributed by atoms with E-state index in [2.05, 4.69) is 10.3 Å². The Hall–Kier alpha value is -1.88. The first kappa shape index (κ1) is 10.6. The van der Waals surface area contributed by atoms with Gasteiger partial charge in [0.25, 0.3) is 0 Å². The molecule has 1 heterocycles. The Labute approximate surface area is 96.3 Å². The summed E-state index contributed by atoms with van der Waals surface area (Å²) in [6.07, 6.45) is 0. The van der Waals surface area contributed by atoms with Gasteiger partial charge < -0.3 is 5.11 Å². The molecule has 82 valence electrons. The van der Waals surface area contributed by atoms with Crippen LogP contribution in [0.3, 0.4) is 0 Å². The van der Waals surface area contributed by atoms with Crippen LogP contribution in [0, 0.1) is 0 Å². The van der Waals surface area contributed by atoms with Crippen LogP contribution in [0.4, 0.5) is 0 Å². The molecule has 0 aliphatic carbocycles. The highest BCUT2D eigenvalue weighted by Gasteiger charge is 2.20. The second-order valence-corrected chi connectivity index (χ2v) is 3.60. The molecule has 1 aromatic heterocycles. The molecule has 0 atom stereocenters. The Balaban J connectivity index is 2.68. The molecule has 0 aliphatic rings. The van der Waals surface area contributed by atoms with E-state index in [1.165, 1.54) is 4.68 Å². The third-order valence-corrected chi connectivity index (χ3v) is 2.49. The Morgan fingerprint density at radius 1 is 1.44 bits per heavy atom. The average molecular weight is 238 g/mol. The predicted octanol–water partition coefficient (Wildman–Crippen LogP) is 1.83. The fourth-order valence-corrected chi connectivity index (χ4v) is 1.68. The minimum absolute atomic E-state index is 0.101. The maximum atomic E-state index is 11.0. The highest BCUT2D eigenvalue weighted by atomic mass is 35.5. The van der Waals surface area contributed by atoms with Crippen LogP contribution in [-0.2, 0) is 7.05 Å². The van der Waals surface area contributed by atoms with Crippen molar-refractivity contribution in [1.29, 1.82) is 0 Å². The first-order chi connectivity index (χ1) is 7.61. The van der Waals surface area contributed by atoms with Crippen molar-refractivity contribution >= 4 is 17.6 Å². The highest BCUT2D eigenvalue weighted by molar-refractivity contribution is 6.33. The number of aryl methyl sites for hydroxylation is 1. The van der Waals surface area contributed by atoms with Gasteiger partial charge in [-0.25, -0.2) is 9.48 Å². The largest absolute Gasteiger partial charge is 0.476 e. The van der Waals surface area contributed by atoms with Crippen molar-refractivity contribution in [3.63, 3.8) is 0 Å². The van der Waals surface area contributed by atoms with Gasteiger partial charge >= 0.3 is 5.97 Å². The number of carbonyl (C=O) groups is 1. The van der Waals surface area contributed by atoms with E-state index in [1.54, 1.807) is 31.3 Å². The van der Waals surface area contributed by atoms with Crippen molar-refractivity contribution in [2.75, 3.05) is 0 Å². The van der Waals surface area contributed by atoms with Gasteiger partial charge in [0.05, 0.1) is 5.02 Å². The van der Waals surface area contributed by atoms with Crippen LogP contribution in [0.1, 0.15) is 10.5 Å². The number of rotatable bonds is 2. The quantitative estimate of drug-likeness (QED) is 0.865. The highest BCUT2D eigenvalue weighted by Crippen LogP contribution is 2.28. The number of benzene rings is 1. The van der Waals surface area contributed by atoms with Crippen LogP contribution >= 0.6 is 11.6 Å². The summed E-state index contributed by atoms with van der Waals surface area (Å²) in [7, 11) is 1.62. The molecular weight excluding hydrogens is 230 g/mol. The van der Waals surface area contributed by atoms with Gasteiger partial charge in [0.15, 0.2) is 5.69 Å². The molecule has 0 fully saturated rings. The van der Waals surface area contributed by atoms with E-state index in [0.717, 1.165) is 0 Å². The van der Waals surface area contributed by atoms with Crippen LogP contribution in [0.5, 0.6) is 0 Å².